The number of alkyl halides is 2. The summed E-state index contributed by atoms with van der Waals surface area (Å²) >= 11 is 0. The van der Waals surface area contributed by atoms with Crippen LogP contribution in [0.25, 0.3) is 0 Å². The topological polar surface area (TPSA) is 79.2 Å². The molecular weight excluding hydrogens is 346 g/mol. The fraction of sp³-hybridized carbons (Fsp3) is 0.368. The average molecular weight is 366 g/mol. The van der Waals surface area contributed by atoms with Gasteiger partial charge in [0.1, 0.15) is 11.9 Å². The van der Waals surface area contributed by atoms with Gasteiger partial charge < -0.3 is 24.8 Å². The van der Waals surface area contributed by atoms with Crippen molar-refractivity contribution in [2.45, 2.75) is 36.9 Å². The Morgan fingerprint density at radius 3 is 2.35 bits per heavy atom. The van der Waals surface area contributed by atoms with E-state index >= 15 is 0 Å². The molecule has 0 radical (unpaired) electrons. The summed E-state index contributed by atoms with van der Waals surface area (Å²) in [4.78, 5) is 0. The Labute approximate surface area is 149 Å². The molecule has 5 nitrogen and oxygen atoms in total. The monoisotopic (exact) mass is 366 g/mol. The van der Waals surface area contributed by atoms with Gasteiger partial charge in [-0.25, -0.2) is 8.78 Å². The maximum absolute atomic E-state index is 13.8. The second-order valence-corrected chi connectivity index (χ2v) is 6.17. The summed E-state index contributed by atoms with van der Waals surface area (Å²) in [5.74, 6) is -3.44. The second kappa shape index (κ2) is 7.67. The van der Waals surface area contributed by atoms with E-state index in [-0.39, 0.29) is 0 Å². The fourth-order valence-electron chi connectivity index (χ4n) is 2.87. The largest absolute Gasteiger partial charge is 0.462 e. The quantitative estimate of drug-likeness (QED) is 0.751. The van der Waals surface area contributed by atoms with Crippen molar-refractivity contribution < 1.29 is 33.6 Å². The highest BCUT2D eigenvalue weighted by atomic mass is 19.3. The molecule has 2 aromatic rings. The molecular formula is C19H20F2O5. The Hall–Kier alpha value is -2.06. The van der Waals surface area contributed by atoms with Crippen molar-refractivity contribution in [1.29, 1.82) is 0 Å². The molecule has 0 aromatic heterocycles. The van der Waals surface area contributed by atoms with Crippen LogP contribution < -0.4 is 4.74 Å². The molecule has 140 valence electrons. The lowest BCUT2D eigenvalue weighted by atomic mass is 9.98. The maximum atomic E-state index is 13.8. The van der Waals surface area contributed by atoms with Crippen molar-refractivity contribution in [3.05, 3.63) is 65.7 Å². The SMILES string of the molecule is OCC1OC(Oc2ccccc2Cc2ccccc2)C(O)C(O)C1(F)F. The zero-order valence-corrected chi connectivity index (χ0v) is 13.8. The minimum atomic E-state index is -3.78. The standard InChI is InChI=1S/C19H20F2O5/c20-19(21)15(11-22)26-18(16(23)17(19)24)25-14-9-5-4-8-13(14)10-12-6-2-1-3-7-12/h1-9,15-18,22-24H,10-11H2. The van der Waals surface area contributed by atoms with Gasteiger partial charge in [-0.3, -0.25) is 0 Å². The zero-order valence-electron chi connectivity index (χ0n) is 13.8. The fourth-order valence-corrected chi connectivity index (χ4v) is 2.87. The molecule has 3 N–H and O–H groups in total. The Balaban J connectivity index is 1.80. The van der Waals surface area contributed by atoms with Gasteiger partial charge >= 0.3 is 5.92 Å². The summed E-state index contributed by atoms with van der Waals surface area (Å²) in [6, 6.07) is 16.5. The Bertz CT molecular complexity index is 721. The summed E-state index contributed by atoms with van der Waals surface area (Å²) in [7, 11) is 0. The molecule has 1 aliphatic heterocycles. The first-order chi connectivity index (χ1) is 12.4. The van der Waals surface area contributed by atoms with Gasteiger partial charge in [0.15, 0.2) is 12.2 Å². The molecule has 26 heavy (non-hydrogen) atoms. The lowest BCUT2D eigenvalue weighted by molar-refractivity contribution is -0.328. The number of para-hydroxylation sites is 1. The van der Waals surface area contributed by atoms with Crippen LogP contribution in [0.5, 0.6) is 5.75 Å². The van der Waals surface area contributed by atoms with Gasteiger partial charge in [0.05, 0.1) is 6.61 Å². The second-order valence-electron chi connectivity index (χ2n) is 6.17. The molecule has 0 aliphatic carbocycles. The van der Waals surface area contributed by atoms with Crippen LogP contribution in [0.2, 0.25) is 0 Å². The predicted molar refractivity (Wildman–Crippen MR) is 89.0 cm³/mol. The normalized spacial score (nSPS) is 27.9. The summed E-state index contributed by atoms with van der Waals surface area (Å²) in [6.07, 6.45) is -7.33. The van der Waals surface area contributed by atoms with Gasteiger partial charge in [0.25, 0.3) is 0 Å². The summed E-state index contributed by atoms with van der Waals surface area (Å²) in [5, 5.41) is 28.8. The van der Waals surface area contributed by atoms with Crippen LogP contribution in [-0.2, 0) is 11.2 Å². The molecule has 1 heterocycles. The van der Waals surface area contributed by atoms with Crippen molar-refractivity contribution in [3.8, 4) is 5.75 Å². The van der Waals surface area contributed by atoms with Crippen LogP contribution >= 0.6 is 0 Å². The third-order valence-electron chi connectivity index (χ3n) is 4.34. The van der Waals surface area contributed by atoms with Crippen molar-refractivity contribution in [3.63, 3.8) is 0 Å². The summed E-state index contributed by atoms with van der Waals surface area (Å²) in [6.45, 7) is -1.01. The van der Waals surface area contributed by atoms with Gasteiger partial charge in [-0.2, -0.15) is 0 Å². The predicted octanol–water partition coefficient (Wildman–Crippen LogP) is 1.73. The van der Waals surface area contributed by atoms with E-state index in [1.165, 1.54) is 0 Å². The highest BCUT2D eigenvalue weighted by Crippen LogP contribution is 2.36. The highest BCUT2D eigenvalue weighted by Gasteiger charge is 2.58. The lowest BCUT2D eigenvalue weighted by Crippen LogP contribution is -2.63. The average Bonchev–Trinajstić information content (AvgIpc) is 2.64. The number of benzene rings is 2. The van der Waals surface area contributed by atoms with E-state index in [2.05, 4.69) is 0 Å². The molecule has 1 fully saturated rings. The highest BCUT2D eigenvalue weighted by molar-refractivity contribution is 5.37. The number of hydrogen-bond donors (Lipinski definition) is 3. The van der Waals surface area contributed by atoms with Crippen LogP contribution in [0.1, 0.15) is 11.1 Å². The lowest BCUT2D eigenvalue weighted by Gasteiger charge is -2.41. The Morgan fingerprint density at radius 1 is 1.00 bits per heavy atom. The number of aliphatic hydroxyl groups is 3. The first kappa shape index (κ1) is 18.7. The van der Waals surface area contributed by atoms with Crippen LogP contribution in [-0.4, -0.2) is 52.5 Å². The molecule has 0 bridgehead atoms. The summed E-state index contributed by atoms with van der Waals surface area (Å²) in [5.41, 5.74) is 1.79. The molecule has 3 rings (SSSR count). The molecule has 7 heteroatoms. The minimum absolute atomic E-state index is 0.342. The number of ether oxygens (including phenoxy) is 2. The molecule has 4 atom stereocenters. The van der Waals surface area contributed by atoms with Gasteiger partial charge in [-0.15, -0.1) is 0 Å². The number of rotatable bonds is 5. The molecule has 4 unspecified atom stereocenters. The molecule has 2 aromatic carbocycles. The van der Waals surface area contributed by atoms with Crippen molar-refractivity contribution >= 4 is 0 Å². The minimum Gasteiger partial charge on any atom is -0.462 e. The maximum Gasteiger partial charge on any atom is 0.304 e. The van der Waals surface area contributed by atoms with Crippen molar-refractivity contribution in [2.24, 2.45) is 0 Å². The first-order valence-corrected chi connectivity index (χ1v) is 8.22. The van der Waals surface area contributed by atoms with Crippen LogP contribution in [0.4, 0.5) is 8.78 Å². The van der Waals surface area contributed by atoms with Gasteiger partial charge in [0.2, 0.25) is 6.29 Å². The van der Waals surface area contributed by atoms with E-state index in [4.69, 9.17) is 14.6 Å². The molecule has 1 aliphatic rings. The Kier molecular flexibility index (Phi) is 5.52. The molecule has 0 spiro atoms. The zero-order chi connectivity index (χ0) is 18.7. The van der Waals surface area contributed by atoms with Gasteiger partial charge in [-0.05, 0) is 17.2 Å². The van der Waals surface area contributed by atoms with Gasteiger partial charge in [0, 0.05) is 6.42 Å². The Morgan fingerprint density at radius 2 is 1.65 bits per heavy atom. The van der Waals surface area contributed by atoms with E-state index in [0.29, 0.717) is 12.2 Å². The van der Waals surface area contributed by atoms with Crippen molar-refractivity contribution in [1.82, 2.24) is 0 Å². The van der Waals surface area contributed by atoms with E-state index in [1.807, 2.05) is 42.5 Å². The molecule has 0 saturated carbocycles. The van der Waals surface area contributed by atoms with Crippen LogP contribution in [0.3, 0.4) is 0 Å². The van der Waals surface area contributed by atoms with Crippen LogP contribution in [0, 0.1) is 0 Å². The van der Waals surface area contributed by atoms with E-state index in [0.717, 1.165) is 11.1 Å². The molecule has 0 amide bonds. The van der Waals surface area contributed by atoms with E-state index in [1.54, 1.807) is 12.1 Å². The van der Waals surface area contributed by atoms with Gasteiger partial charge in [-0.1, -0.05) is 48.5 Å². The number of aliphatic hydroxyl groups excluding tert-OH is 3. The number of hydrogen-bond acceptors (Lipinski definition) is 5. The third-order valence-corrected chi connectivity index (χ3v) is 4.34. The van der Waals surface area contributed by atoms with E-state index in [9.17, 15) is 19.0 Å². The van der Waals surface area contributed by atoms with Crippen molar-refractivity contribution in [2.75, 3.05) is 6.61 Å². The number of halogens is 2. The summed E-state index contributed by atoms with van der Waals surface area (Å²) < 4.78 is 38.3. The van der Waals surface area contributed by atoms with E-state index < -0.39 is 37.1 Å². The molecule has 1 saturated heterocycles. The third kappa shape index (κ3) is 3.71. The smallest absolute Gasteiger partial charge is 0.304 e. The first-order valence-electron chi connectivity index (χ1n) is 8.22. The van der Waals surface area contributed by atoms with Crippen LogP contribution in [0.15, 0.2) is 54.6 Å².